The van der Waals surface area contributed by atoms with Gasteiger partial charge in [0, 0.05) is 11.8 Å². The van der Waals surface area contributed by atoms with Crippen molar-refractivity contribution >= 4 is 11.9 Å². The van der Waals surface area contributed by atoms with E-state index in [9.17, 15) is 9.59 Å². The molecule has 1 fully saturated rings. The molecule has 0 bridgehead atoms. The van der Waals surface area contributed by atoms with Crippen LogP contribution < -0.4 is 0 Å². The molecule has 0 radical (unpaired) electrons. The maximum absolute atomic E-state index is 13.5. The van der Waals surface area contributed by atoms with Crippen LogP contribution in [0.15, 0.2) is 103 Å². The minimum Gasteiger partial charge on any atom is -0.454 e. The van der Waals surface area contributed by atoms with Gasteiger partial charge >= 0.3 is 11.9 Å². The van der Waals surface area contributed by atoms with Crippen molar-refractivity contribution in [1.29, 1.82) is 0 Å². The zero-order valence-electron chi connectivity index (χ0n) is 22.3. The molecule has 0 N–H and O–H groups in total. The second-order valence-electron chi connectivity index (χ2n) is 10.7. The number of esters is 2. The molecule has 0 aliphatic heterocycles. The van der Waals surface area contributed by atoms with Gasteiger partial charge in [-0.2, -0.15) is 0 Å². The first-order valence-electron chi connectivity index (χ1n) is 13.3. The third kappa shape index (κ3) is 4.60. The Kier molecular flexibility index (Phi) is 7.07. The molecule has 5 rings (SSSR count). The number of carbonyl (C=O) groups excluding carboxylic acids is 2. The van der Waals surface area contributed by atoms with Gasteiger partial charge in [-0.15, -0.1) is 0 Å². The molecule has 6 atom stereocenters. The van der Waals surface area contributed by atoms with E-state index in [1.54, 1.807) is 24.3 Å². The van der Waals surface area contributed by atoms with Crippen LogP contribution in [0.25, 0.3) is 0 Å². The zero-order chi connectivity index (χ0) is 26.9. The summed E-state index contributed by atoms with van der Waals surface area (Å²) in [4.78, 5) is 26.9. The van der Waals surface area contributed by atoms with Crippen LogP contribution in [0.4, 0.5) is 0 Å². The quantitative estimate of drug-likeness (QED) is 0.342. The normalized spacial score (nSPS) is 27.8. The predicted molar refractivity (Wildman–Crippen MR) is 149 cm³/mol. The van der Waals surface area contributed by atoms with E-state index < -0.39 is 24.1 Å². The summed E-state index contributed by atoms with van der Waals surface area (Å²) in [5.74, 6) is -1.11. The first-order valence-corrected chi connectivity index (χ1v) is 13.3. The molecule has 4 heteroatoms. The smallest absolute Gasteiger partial charge is 0.338 e. The van der Waals surface area contributed by atoms with E-state index in [2.05, 4.69) is 64.1 Å². The van der Waals surface area contributed by atoms with Crippen LogP contribution in [0.3, 0.4) is 0 Å². The molecule has 1 saturated carbocycles. The van der Waals surface area contributed by atoms with E-state index >= 15 is 0 Å². The molecule has 38 heavy (non-hydrogen) atoms. The summed E-state index contributed by atoms with van der Waals surface area (Å²) in [5, 5.41) is 0. The summed E-state index contributed by atoms with van der Waals surface area (Å²) in [6.07, 6.45) is 7.26. The highest BCUT2D eigenvalue weighted by Crippen LogP contribution is 2.57. The third-order valence-corrected chi connectivity index (χ3v) is 8.52. The van der Waals surface area contributed by atoms with Gasteiger partial charge in [0.25, 0.3) is 0 Å². The fraction of sp³-hybridized carbons (Fsp3) is 0.294. The third-order valence-electron chi connectivity index (χ3n) is 8.52. The molecule has 194 valence electrons. The molecule has 2 aliphatic rings. The topological polar surface area (TPSA) is 52.6 Å². The lowest BCUT2D eigenvalue weighted by Gasteiger charge is -2.55. The highest BCUT2D eigenvalue weighted by Gasteiger charge is 2.57. The van der Waals surface area contributed by atoms with Gasteiger partial charge in [0.1, 0.15) is 12.2 Å². The molecule has 6 unspecified atom stereocenters. The van der Waals surface area contributed by atoms with Crippen LogP contribution in [0.1, 0.15) is 57.2 Å². The molecule has 2 aliphatic carbocycles. The second-order valence-corrected chi connectivity index (χ2v) is 10.7. The van der Waals surface area contributed by atoms with Crippen molar-refractivity contribution in [2.75, 3.05) is 0 Å². The fourth-order valence-corrected chi connectivity index (χ4v) is 6.31. The number of hydrogen-bond acceptors (Lipinski definition) is 4. The van der Waals surface area contributed by atoms with Gasteiger partial charge in [0.05, 0.1) is 11.1 Å². The lowest BCUT2D eigenvalue weighted by molar-refractivity contribution is -0.121. The van der Waals surface area contributed by atoms with E-state index in [1.807, 2.05) is 42.5 Å². The van der Waals surface area contributed by atoms with Crippen LogP contribution in [-0.4, -0.2) is 24.1 Å². The van der Waals surface area contributed by atoms with Crippen molar-refractivity contribution in [2.24, 2.45) is 17.3 Å². The minimum absolute atomic E-state index is 0.0440. The van der Waals surface area contributed by atoms with E-state index in [0.29, 0.717) is 11.1 Å². The van der Waals surface area contributed by atoms with E-state index in [0.717, 1.165) is 16.7 Å². The number of carbonyl (C=O) groups is 2. The summed E-state index contributed by atoms with van der Waals surface area (Å²) in [6.45, 7) is 8.52. The molecular weight excluding hydrogens is 472 g/mol. The number of rotatable bonds is 5. The summed E-state index contributed by atoms with van der Waals surface area (Å²) in [6, 6.07) is 24.3. The summed E-state index contributed by atoms with van der Waals surface area (Å²) < 4.78 is 12.7. The lowest BCUT2D eigenvalue weighted by atomic mass is 9.53. The number of allylic oxidation sites excluding steroid dienone is 4. The van der Waals surface area contributed by atoms with Crippen molar-refractivity contribution in [1.82, 2.24) is 0 Å². The highest BCUT2D eigenvalue weighted by molar-refractivity contribution is 5.90. The van der Waals surface area contributed by atoms with Crippen LogP contribution in [0, 0.1) is 31.1 Å². The van der Waals surface area contributed by atoms with Gasteiger partial charge in [-0.25, -0.2) is 9.59 Å². The second kappa shape index (κ2) is 10.4. The summed E-state index contributed by atoms with van der Waals surface area (Å²) in [7, 11) is 0. The largest absolute Gasteiger partial charge is 0.454 e. The van der Waals surface area contributed by atoms with Crippen molar-refractivity contribution < 1.29 is 19.1 Å². The number of fused-ring (bicyclic) bond motifs is 1. The first-order chi connectivity index (χ1) is 18.3. The number of aryl methyl sites for hydroxylation is 2. The van der Waals surface area contributed by atoms with Gasteiger partial charge in [0.15, 0.2) is 0 Å². The molecule has 0 aromatic heterocycles. The van der Waals surface area contributed by atoms with E-state index in [1.165, 1.54) is 0 Å². The maximum atomic E-state index is 13.5. The minimum atomic E-state index is -0.681. The van der Waals surface area contributed by atoms with Crippen LogP contribution in [0.2, 0.25) is 0 Å². The Balaban J connectivity index is 1.65. The van der Waals surface area contributed by atoms with Crippen LogP contribution in [0.5, 0.6) is 0 Å². The average molecular weight is 507 g/mol. The van der Waals surface area contributed by atoms with Crippen molar-refractivity contribution in [3.05, 3.63) is 131 Å². The standard InChI is InChI=1S/C34H34O4/c1-22-14-13-15-23(2)28(22)29-27-20-11-12-21-34(27,4)24(3)30(37-32(35)25-16-7-5-8-17-25)31(29)38-33(36)26-18-9-6-10-19-26/h5-21,24,27,29-31H,1-4H3. The monoisotopic (exact) mass is 506 g/mol. The Morgan fingerprint density at radius 2 is 1.24 bits per heavy atom. The van der Waals surface area contributed by atoms with Gasteiger partial charge in [0.2, 0.25) is 0 Å². The van der Waals surface area contributed by atoms with Crippen molar-refractivity contribution in [2.45, 2.75) is 45.8 Å². The Labute approximate surface area is 225 Å². The number of benzene rings is 3. The van der Waals surface area contributed by atoms with Gasteiger partial charge in [-0.3, -0.25) is 0 Å². The fourth-order valence-electron chi connectivity index (χ4n) is 6.31. The molecule has 4 nitrogen and oxygen atoms in total. The van der Waals surface area contributed by atoms with E-state index in [-0.39, 0.29) is 23.2 Å². The number of hydrogen-bond donors (Lipinski definition) is 0. The van der Waals surface area contributed by atoms with Crippen molar-refractivity contribution in [3.8, 4) is 0 Å². The molecule has 3 aromatic carbocycles. The van der Waals surface area contributed by atoms with Gasteiger partial charge in [-0.05, 0) is 66.1 Å². The Hall–Kier alpha value is -3.92. The van der Waals surface area contributed by atoms with Crippen LogP contribution in [-0.2, 0) is 9.47 Å². The molecule has 0 heterocycles. The molecule has 0 spiro atoms. The zero-order valence-corrected chi connectivity index (χ0v) is 22.3. The SMILES string of the molecule is Cc1cccc(C)c1C1C(OC(=O)c2ccccc2)C(OC(=O)c2ccccc2)C(C)C2(C)C=CC=CC12. The lowest BCUT2D eigenvalue weighted by Crippen LogP contribution is -2.58. The molecule has 0 amide bonds. The number of ether oxygens (including phenoxy) is 2. The van der Waals surface area contributed by atoms with Gasteiger partial charge < -0.3 is 9.47 Å². The Bertz CT molecular complexity index is 1350. The summed E-state index contributed by atoms with van der Waals surface area (Å²) >= 11 is 0. The predicted octanol–water partition coefficient (Wildman–Crippen LogP) is 7.24. The van der Waals surface area contributed by atoms with Crippen molar-refractivity contribution in [3.63, 3.8) is 0 Å². The Morgan fingerprint density at radius 3 is 1.79 bits per heavy atom. The highest BCUT2D eigenvalue weighted by atomic mass is 16.6. The maximum Gasteiger partial charge on any atom is 0.338 e. The Morgan fingerprint density at radius 1 is 0.711 bits per heavy atom. The summed E-state index contributed by atoms with van der Waals surface area (Å²) in [5.41, 5.74) is 4.03. The average Bonchev–Trinajstić information content (AvgIpc) is 2.93. The van der Waals surface area contributed by atoms with E-state index in [4.69, 9.17) is 9.47 Å². The molecule has 0 saturated heterocycles. The molecule has 3 aromatic rings. The van der Waals surface area contributed by atoms with Gasteiger partial charge in [-0.1, -0.05) is 92.7 Å². The first kappa shape index (κ1) is 25.7. The van der Waals surface area contributed by atoms with Crippen LogP contribution >= 0.6 is 0 Å². The molecular formula is C34H34O4.